The number of hydrogen-bond donors (Lipinski definition) is 0. The number of rotatable bonds is 5. The standard InChI is InChI=1S/C12H18N4S/c1-4-6-16-8-13-10-9(3)14-12(15-11(10)16)17-7-5-2/h8H,4-7H2,1-3H3. The molecule has 2 aromatic heterocycles. The Labute approximate surface area is 106 Å². The van der Waals surface area contributed by atoms with Gasteiger partial charge in [0.2, 0.25) is 0 Å². The second-order valence-electron chi connectivity index (χ2n) is 4.05. The molecule has 0 N–H and O–H groups in total. The molecule has 0 amide bonds. The van der Waals surface area contributed by atoms with E-state index >= 15 is 0 Å². The first kappa shape index (κ1) is 12.4. The second kappa shape index (κ2) is 5.49. The Bertz CT molecular complexity index is 506. The van der Waals surface area contributed by atoms with Gasteiger partial charge in [-0.2, -0.15) is 0 Å². The molecule has 0 unspecified atom stereocenters. The highest BCUT2D eigenvalue weighted by Gasteiger charge is 2.10. The number of imidazole rings is 1. The smallest absolute Gasteiger partial charge is 0.189 e. The Hall–Kier alpha value is -1.10. The summed E-state index contributed by atoms with van der Waals surface area (Å²) in [6.07, 6.45) is 4.09. The number of thioether (sulfide) groups is 1. The summed E-state index contributed by atoms with van der Waals surface area (Å²) < 4.78 is 2.11. The van der Waals surface area contributed by atoms with Crippen LogP contribution in [0.4, 0.5) is 0 Å². The molecule has 0 fully saturated rings. The average Bonchev–Trinajstić information content (AvgIpc) is 2.71. The van der Waals surface area contributed by atoms with Gasteiger partial charge in [-0.1, -0.05) is 25.6 Å². The third-order valence-corrected chi connectivity index (χ3v) is 3.57. The highest BCUT2D eigenvalue weighted by atomic mass is 32.2. The van der Waals surface area contributed by atoms with Gasteiger partial charge in [0.25, 0.3) is 0 Å². The van der Waals surface area contributed by atoms with Crippen molar-refractivity contribution < 1.29 is 0 Å². The Kier molecular flexibility index (Phi) is 3.99. The van der Waals surface area contributed by atoms with Gasteiger partial charge in [-0.3, -0.25) is 0 Å². The fourth-order valence-corrected chi connectivity index (χ4v) is 2.46. The maximum atomic E-state index is 4.60. The third-order valence-electron chi connectivity index (χ3n) is 2.52. The minimum Gasteiger partial charge on any atom is -0.315 e. The van der Waals surface area contributed by atoms with Crippen LogP contribution in [0.2, 0.25) is 0 Å². The van der Waals surface area contributed by atoms with Crippen molar-refractivity contribution in [3.05, 3.63) is 12.0 Å². The van der Waals surface area contributed by atoms with E-state index < -0.39 is 0 Å². The molecular formula is C12H18N4S. The summed E-state index contributed by atoms with van der Waals surface area (Å²) in [4.78, 5) is 13.5. The van der Waals surface area contributed by atoms with Gasteiger partial charge in [0.15, 0.2) is 10.8 Å². The summed E-state index contributed by atoms with van der Waals surface area (Å²) in [5.41, 5.74) is 2.88. The largest absolute Gasteiger partial charge is 0.315 e. The van der Waals surface area contributed by atoms with Crippen LogP contribution in [0, 0.1) is 6.92 Å². The van der Waals surface area contributed by atoms with Crippen LogP contribution in [0.5, 0.6) is 0 Å². The number of hydrogen-bond acceptors (Lipinski definition) is 4. The molecule has 0 saturated carbocycles. The van der Waals surface area contributed by atoms with Crippen molar-refractivity contribution in [1.29, 1.82) is 0 Å². The van der Waals surface area contributed by atoms with E-state index in [1.54, 1.807) is 11.8 Å². The lowest BCUT2D eigenvalue weighted by Gasteiger charge is -2.04. The van der Waals surface area contributed by atoms with E-state index in [0.717, 1.165) is 47.2 Å². The quantitative estimate of drug-likeness (QED) is 0.604. The van der Waals surface area contributed by atoms with Crippen LogP contribution < -0.4 is 0 Å². The van der Waals surface area contributed by atoms with Gasteiger partial charge in [0.1, 0.15) is 5.52 Å². The number of aryl methyl sites for hydroxylation is 2. The average molecular weight is 250 g/mol. The Balaban J connectivity index is 2.41. The van der Waals surface area contributed by atoms with Gasteiger partial charge in [-0.05, 0) is 19.8 Å². The summed E-state index contributed by atoms with van der Waals surface area (Å²) >= 11 is 1.72. The maximum Gasteiger partial charge on any atom is 0.189 e. The first-order valence-electron chi connectivity index (χ1n) is 6.08. The number of fused-ring (bicyclic) bond motifs is 1. The molecule has 0 aliphatic heterocycles. The van der Waals surface area contributed by atoms with E-state index in [2.05, 4.69) is 33.4 Å². The van der Waals surface area contributed by atoms with Crippen LogP contribution in [-0.4, -0.2) is 25.3 Å². The maximum absolute atomic E-state index is 4.60. The SMILES string of the molecule is CCCSc1nc(C)c2ncn(CCC)c2n1. The van der Waals surface area contributed by atoms with Crippen LogP contribution >= 0.6 is 11.8 Å². The Morgan fingerprint density at radius 2 is 2.06 bits per heavy atom. The molecule has 5 heteroatoms. The topological polar surface area (TPSA) is 43.6 Å². The van der Waals surface area contributed by atoms with Crippen LogP contribution in [0.3, 0.4) is 0 Å². The molecule has 2 aromatic rings. The molecule has 4 nitrogen and oxygen atoms in total. The molecule has 0 aliphatic carbocycles. The van der Waals surface area contributed by atoms with E-state index in [-0.39, 0.29) is 0 Å². The molecule has 17 heavy (non-hydrogen) atoms. The van der Waals surface area contributed by atoms with Crippen molar-refractivity contribution >= 4 is 22.9 Å². The Morgan fingerprint density at radius 3 is 2.76 bits per heavy atom. The van der Waals surface area contributed by atoms with E-state index in [0.29, 0.717) is 0 Å². The minimum absolute atomic E-state index is 0.870. The fraction of sp³-hybridized carbons (Fsp3) is 0.583. The highest BCUT2D eigenvalue weighted by Crippen LogP contribution is 2.20. The van der Waals surface area contributed by atoms with Gasteiger partial charge >= 0.3 is 0 Å². The van der Waals surface area contributed by atoms with Crippen molar-refractivity contribution in [3.63, 3.8) is 0 Å². The van der Waals surface area contributed by atoms with Gasteiger partial charge in [0, 0.05) is 12.3 Å². The molecule has 2 rings (SSSR count). The molecule has 0 bridgehead atoms. The van der Waals surface area contributed by atoms with E-state index in [9.17, 15) is 0 Å². The summed E-state index contributed by atoms with van der Waals surface area (Å²) in [6, 6.07) is 0. The van der Waals surface area contributed by atoms with Crippen molar-refractivity contribution in [1.82, 2.24) is 19.5 Å². The molecule has 0 aliphatic rings. The molecule has 92 valence electrons. The van der Waals surface area contributed by atoms with Gasteiger partial charge < -0.3 is 4.57 Å². The number of nitrogens with zero attached hydrogens (tertiary/aromatic N) is 4. The van der Waals surface area contributed by atoms with Crippen molar-refractivity contribution in [2.24, 2.45) is 0 Å². The molecule has 2 heterocycles. The third kappa shape index (κ3) is 2.60. The van der Waals surface area contributed by atoms with Crippen molar-refractivity contribution in [3.8, 4) is 0 Å². The van der Waals surface area contributed by atoms with Crippen LogP contribution in [0.15, 0.2) is 11.5 Å². The zero-order valence-corrected chi connectivity index (χ0v) is 11.4. The van der Waals surface area contributed by atoms with Gasteiger partial charge in [-0.25, -0.2) is 15.0 Å². The minimum atomic E-state index is 0.870. The van der Waals surface area contributed by atoms with Crippen LogP contribution in [0.1, 0.15) is 32.4 Å². The fourth-order valence-electron chi connectivity index (χ4n) is 1.72. The van der Waals surface area contributed by atoms with E-state index in [4.69, 9.17) is 0 Å². The van der Waals surface area contributed by atoms with Crippen molar-refractivity contribution in [2.75, 3.05) is 5.75 Å². The van der Waals surface area contributed by atoms with E-state index in [1.807, 2.05) is 13.3 Å². The summed E-state index contributed by atoms with van der Waals surface area (Å²) in [5.74, 6) is 1.06. The normalized spacial score (nSPS) is 11.2. The predicted molar refractivity (Wildman–Crippen MR) is 71.4 cm³/mol. The first-order valence-corrected chi connectivity index (χ1v) is 7.07. The summed E-state index contributed by atoms with van der Waals surface area (Å²) in [7, 11) is 0. The summed E-state index contributed by atoms with van der Waals surface area (Å²) in [5, 5.41) is 0.870. The van der Waals surface area contributed by atoms with E-state index in [1.165, 1.54) is 0 Å². The molecule has 0 saturated heterocycles. The monoisotopic (exact) mass is 250 g/mol. The Morgan fingerprint density at radius 1 is 1.24 bits per heavy atom. The van der Waals surface area contributed by atoms with Crippen LogP contribution in [0.25, 0.3) is 11.2 Å². The lowest BCUT2D eigenvalue weighted by Crippen LogP contribution is -1.99. The zero-order valence-electron chi connectivity index (χ0n) is 10.6. The number of aromatic nitrogens is 4. The molecule has 0 aromatic carbocycles. The lowest BCUT2D eigenvalue weighted by molar-refractivity contribution is 0.688. The molecule has 0 spiro atoms. The first-order chi connectivity index (χ1) is 8.26. The molecular weight excluding hydrogens is 232 g/mol. The van der Waals surface area contributed by atoms with Gasteiger partial charge in [-0.15, -0.1) is 0 Å². The predicted octanol–water partition coefficient (Wildman–Crippen LogP) is 3.05. The molecule has 0 radical (unpaired) electrons. The molecule has 0 atom stereocenters. The van der Waals surface area contributed by atoms with Crippen LogP contribution in [-0.2, 0) is 6.54 Å². The second-order valence-corrected chi connectivity index (χ2v) is 5.11. The van der Waals surface area contributed by atoms with Crippen molar-refractivity contribution in [2.45, 2.75) is 45.3 Å². The zero-order chi connectivity index (χ0) is 12.3. The van der Waals surface area contributed by atoms with Gasteiger partial charge in [0.05, 0.1) is 12.0 Å². The highest BCUT2D eigenvalue weighted by molar-refractivity contribution is 7.99. The summed E-state index contributed by atoms with van der Waals surface area (Å²) in [6.45, 7) is 7.29. The lowest BCUT2D eigenvalue weighted by atomic mass is 10.4.